The molecule has 0 saturated heterocycles. The zero-order valence-electron chi connectivity index (χ0n) is 13.7. The molecule has 118 valence electrons. The molecule has 0 saturated carbocycles. The molecule has 0 amide bonds. The van der Waals surface area contributed by atoms with Crippen molar-refractivity contribution in [3.8, 4) is 0 Å². The monoisotopic (exact) mass is 299 g/mol. The fraction of sp³-hybridized carbons (Fsp3) is 0.588. The quantitative estimate of drug-likeness (QED) is 0.851. The second-order valence-electron chi connectivity index (χ2n) is 6.58. The Kier molecular flexibility index (Phi) is 4.52. The van der Waals surface area contributed by atoms with E-state index in [1.807, 2.05) is 17.9 Å². The number of rotatable bonds is 5. The van der Waals surface area contributed by atoms with Gasteiger partial charge in [0.2, 0.25) is 0 Å². The molecule has 0 aliphatic heterocycles. The Morgan fingerprint density at radius 2 is 2.23 bits per heavy atom. The summed E-state index contributed by atoms with van der Waals surface area (Å²) < 4.78 is 1.87. The van der Waals surface area contributed by atoms with Gasteiger partial charge < -0.3 is 0 Å². The summed E-state index contributed by atoms with van der Waals surface area (Å²) in [5.74, 6) is 1.63. The molecule has 5 nitrogen and oxygen atoms in total. The van der Waals surface area contributed by atoms with Gasteiger partial charge in [-0.1, -0.05) is 19.9 Å². The van der Waals surface area contributed by atoms with Crippen LogP contribution in [0.1, 0.15) is 49.8 Å². The van der Waals surface area contributed by atoms with Crippen LogP contribution in [-0.2, 0) is 20.0 Å². The minimum absolute atomic E-state index is 0.393. The number of pyridine rings is 1. The van der Waals surface area contributed by atoms with Crippen LogP contribution < -0.4 is 0 Å². The standard InChI is InChI=1S/C17H25N5/c1-13(2)10-22(11-16-19-12-20-21(16)3)15-8-4-6-14-7-5-9-18-17(14)15/h5,7,9,12-13,15H,4,6,8,10-11H2,1-3H3/t15-/m0/s1. The van der Waals surface area contributed by atoms with Gasteiger partial charge in [0.15, 0.2) is 0 Å². The fourth-order valence-corrected chi connectivity index (χ4v) is 3.36. The Morgan fingerprint density at radius 3 is 2.95 bits per heavy atom. The van der Waals surface area contributed by atoms with Crippen LogP contribution >= 0.6 is 0 Å². The van der Waals surface area contributed by atoms with Gasteiger partial charge in [-0.2, -0.15) is 5.10 Å². The number of nitrogens with zero attached hydrogens (tertiary/aromatic N) is 5. The minimum Gasteiger partial charge on any atom is -0.287 e. The first-order chi connectivity index (χ1) is 10.6. The molecular weight excluding hydrogens is 274 g/mol. The zero-order valence-corrected chi connectivity index (χ0v) is 13.7. The maximum Gasteiger partial charge on any atom is 0.140 e. The van der Waals surface area contributed by atoms with Crippen molar-refractivity contribution < 1.29 is 0 Å². The molecule has 0 radical (unpaired) electrons. The summed E-state index contributed by atoms with van der Waals surface area (Å²) in [4.78, 5) is 11.6. The van der Waals surface area contributed by atoms with Gasteiger partial charge in [0.1, 0.15) is 12.2 Å². The largest absolute Gasteiger partial charge is 0.287 e. The first-order valence-electron chi connectivity index (χ1n) is 8.16. The lowest BCUT2D eigenvalue weighted by Gasteiger charge is -2.35. The number of hydrogen-bond acceptors (Lipinski definition) is 4. The number of aromatic nitrogens is 4. The highest BCUT2D eigenvalue weighted by Crippen LogP contribution is 2.33. The van der Waals surface area contributed by atoms with Gasteiger partial charge in [0.25, 0.3) is 0 Å². The third-order valence-corrected chi connectivity index (χ3v) is 4.36. The molecule has 0 N–H and O–H groups in total. The average molecular weight is 299 g/mol. The van der Waals surface area contributed by atoms with Crippen LogP contribution in [0.15, 0.2) is 24.7 Å². The van der Waals surface area contributed by atoms with Crippen LogP contribution in [0.25, 0.3) is 0 Å². The zero-order chi connectivity index (χ0) is 15.5. The molecule has 22 heavy (non-hydrogen) atoms. The maximum atomic E-state index is 4.70. The second-order valence-corrected chi connectivity index (χ2v) is 6.58. The van der Waals surface area contributed by atoms with Gasteiger partial charge in [-0.25, -0.2) is 4.98 Å². The van der Waals surface area contributed by atoms with E-state index in [0.717, 1.165) is 25.3 Å². The number of aryl methyl sites for hydroxylation is 2. The normalized spacial score (nSPS) is 18.0. The van der Waals surface area contributed by atoms with E-state index in [1.165, 1.54) is 24.1 Å². The molecule has 1 atom stereocenters. The Hall–Kier alpha value is -1.75. The molecule has 2 heterocycles. The molecule has 0 fully saturated rings. The van der Waals surface area contributed by atoms with Gasteiger partial charge in [0, 0.05) is 19.8 Å². The van der Waals surface area contributed by atoms with E-state index in [0.29, 0.717) is 12.0 Å². The Bertz CT molecular complexity index is 619. The summed E-state index contributed by atoms with van der Waals surface area (Å²) in [5.41, 5.74) is 2.67. The van der Waals surface area contributed by atoms with Crippen molar-refractivity contribution in [3.05, 3.63) is 41.7 Å². The van der Waals surface area contributed by atoms with Crippen LogP contribution in [0.2, 0.25) is 0 Å². The smallest absolute Gasteiger partial charge is 0.140 e. The summed E-state index contributed by atoms with van der Waals surface area (Å²) in [6.45, 7) is 6.42. The van der Waals surface area contributed by atoms with Crippen molar-refractivity contribution >= 4 is 0 Å². The number of fused-ring (bicyclic) bond motifs is 1. The van der Waals surface area contributed by atoms with Crippen LogP contribution in [0.5, 0.6) is 0 Å². The van der Waals surface area contributed by atoms with Gasteiger partial charge in [-0.3, -0.25) is 14.6 Å². The molecule has 0 aromatic carbocycles. The van der Waals surface area contributed by atoms with Crippen LogP contribution in [0.3, 0.4) is 0 Å². The first kappa shape index (κ1) is 15.2. The minimum atomic E-state index is 0.393. The van der Waals surface area contributed by atoms with E-state index in [9.17, 15) is 0 Å². The predicted octanol–water partition coefficient (Wildman–Crippen LogP) is 2.75. The molecule has 0 bridgehead atoms. The lowest BCUT2D eigenvalue weighted by Crippen LogP contribution is -2.35. The van der Waals surface area contributed by atoms with Gasteiger partial charge in [0.05, 0.1) is 18.3 Å². The van der Waals surface area contributed by atoms with Crippen molar-refractivity contribution in [2.24, 2.45) is 13.0 Å². The first-order valence-corrected chi connectivity index (χ1v) is 8.16. The Morgan fingerprint density at radius 1 is 1.36 bits per heavy atom. The molecular formula is C17H25N5. The van der Waals surface area contributed by atoms with Crippen LogP contribution in [-0.4, -0.2) is 31.2 Å². The van der Waals surface area contributed by atoms with Crippen molar-refractivity contribution in [1.29, 1.82) is 0 Å². The molecule has 2 aromatic rings. The van der Waals surface area contributed by atoms with Gasteiger partial charge in [-0.05, 0) is 36.8 Å². The second kappa shape index (κ2) is 6.57. The highest BCUT2D eigenvalue weighted by Gasteiger charge is 2.28. The predicted molar refractivity (Wildman–Crippen MR) is 86.2 cm³/mol. The fourth-order valence-electron chi connectivity index (χ4n) is 3.36. The van der Waals surface area contributed by atoms with Crippen molar-refractivity contribution in [1.82, 2.24) is 24.6 Å². The number of hydrogen-bond donors (Lipinski definition) is 0. The van der Waals surface area contributed by atoms with Gasteiger partial charge >= 0.3 is 0 Å². The van der Waals surface area contributed by atoms with Gasteiger partial charge in [-0.15, -0.1) is 0 Å². The Balaban J connectivity index is 1.88. The molecule has 0 spiro atoms. The lowest BCUT2D eigenvalue weighted by molar-refractivity contribution is 0.142. The van der Waals surface area contributed by atoms with E-state index in [2.05, 4.69) is 41.0 Å². The molecule has 5 heteroatoms. The molecule has 1 aliphatic rings. The van der Waals surface area contributed by atoms with Crippen LogP contribution in [0, 0.1) is 5.92 Å². The topological polar surface area (TPSA) is 46.8 Å². The maximum absolute atomic E-state index is 4.70. The van der Waals surface area contributed by atoms with E-state index in [1.54, 1.807) is 6.33 Å². The lowest BCUT2D eigenvalue weighted by atomic mass is 9.90. The average Bonchev–Trinajstić information content (AvgIpc) is 2.91. The molecule has 0 unspecified atom stereocenters. The summed E-state index contributed by atoms with van der Waals surface area (Å²) >= 11 is 0. The summed E-state index contributed by atoms with van der Waals surface area (Å²) in [6, 6.07) is 4.67. The summed E-state index contributed by atoms with van der Waals surface area (Å²) in [7, 11) is 1.96. The highest BCUT2D eigenvalue weighted by atomic mass is 15.3. The molecule has 2 aromatic heterocycles. The molecule has 3 rings (SSSR count). The summed E-state index contributed by atoms with van der Waals surface area (Å²) in [5, 5.41) is 4.20. The Labute approximate surface area is 132 Å². The van der Waals surface area contributed by atoms with E-state index >= 15 is 0 Å². The van der Waals surface area contributed by atoms with E-state index in [-0.39, 0.29) is 0 Å². The third-order valence-electron chi connectivity index (χ3n) is 4.36. The van der Waals surface area contributed by atoms with E-state index < -0.39 is 0 Å². The summed E-state index contributed by atoms with van der Waals surface area (Å²) in [6.07, 6.45) is 7.12. The van der Waals surface area contributed by atoms with Crippen LogP contribution in [0.4, 0.5) is 0 Å². The van der Waals surface area contributed by atoms with Crippen molar-refractivity contribution in [2.75, 3.05) is 6.54 Å². The van der Waals surface area contributed by atoms with Crippen molar-refractivity contribution in [2.45, 2.75) is 45.7 Å². The molecule has 1 aliphatic carbocycles. The van der Waals surface area contributed by atoms with Crippen molar-refractivity contribution in [3.63, 3.8) is 0 Å². The van der Waals surface area contributed by atoms with E-state index in [4.69, 9.17) is 4.98 Å². The third kappa shape index (κ3) is 3.19. The SMILES string of the molecule is CC(C)CN(Cc1ncnn1C)[C@H]1CCCc2cccnc21. The highest BCUT2D eigenvalue weighted by molar-refractivity contribution is 5.25.